The van der Waals surface area contributed by atoms with E-state index in [-0.39, 0.29) is 11.4 Å². The van der Waals surface area contributed by atoms with Gasteiger partial charge in [-0.3, -0.25) is 0 Å². The van der Waals surface area contributed by atoms with Crippen LogP contribution in [0.2, 0.25) is 0 Å². The summed E-state index contributed by atoms with van der Waals surface area (Å²) in [4.78, 5) is 20.1. The van der Waals surface area contributed by atoms with Crippen LogP contribution in [0.4, 0.5) is 21.8 Å². The Balaban J connectivity index is 1.70. The Morgan fingerprint density at radius 1 is 0.935 bits per heavy atom. The number of para-hydroxylation sites is 1. The number of benzene rings is 1. The maximum atomic E-state index is 14.7. The third kappa shape index (κ3) is 3.71. The highest BCUT2D eigenvalue weighted by molar-refractivity contribution is 5.88. The Bertz CT molecular complexity index is 1270. The number of ether oxygens (including phenoxy) is 1. The number of rotatable bonds is 3. The predicted octanol–water partition coefficient (Wildman–Crippen LogP) is 2.89. The number of nitrogens with zero attached hydrogens (tertiary/aromatic N) is 5. The fourth-order valence-corrected chi connectivity index (χ4v) is 3.57. The van der Waals surface area contributed by atoms with Gasteiger partial charge in [0, 0.05) is 30.7 Å². The van der Waals surface area contributed by atoms with Crippen molar-refractivity contribution < 1.29 is 9.13 Å². The summed E-state index contributed by atoms with van der Waals surface area (Å²) in [6.45, 7) is 2.39. The molecule has 1 aliphatic heterocycles. The molecule has 0 radical (unpaired) electrons. The van der Waals surface area contributed by atoms with Crippen molar-refractivity contribution >= 4 is 28.4 Å². The van der Waals surface area contributed by atoms with Crippen molar-refractivity contribution in [2.75, 3.05) is 42.7 Å². The van der Waals surface area contributed by atoms with Gasteiger partial charge in [0.15, 0.2) is 0 Å². The molecule has 1 saturated heterocycles. The number of pyridine rings is 2. The molecule has 0 unspecified atom stereocenters. The molecular formula is C22H20FN7O. The molecule has 1 aromatic carbocycles. The molecule has 0 aliphatic carbocycles. The standard InChI is InChI=1S/C22H20FN7O/c23-15-10-20(25)26-12-14(15)18-11-19(29-22(28-18)30-5-7-31-8-6-30)21-16(24)9-13-3-1-2-4-17(13)27-21/h1-4,9-12H,5-8,24H2,(H2,25,26). The van der Waals surface area contributed by atoms with Crippen LogP contribution in [0, 0.1) is 5.82 Å². The van der Waals surface area contributed by atoms with Gasteiger partial charge in [-0.25, -0.2) is 24.3 Å². The molecule has 0 saturated carbocycles. The Morgan fingerprint density at radius 3 is 2.52 bits per heavy atom. The summed E-state index contributed by atoms with van der Waals surface area (Å²) in [5, 5.41) is 0.931. The smallest absolute Gasteiger partial charge is 0.226 e. The highest BCUT2D eigenvalue weighted by atomic mass is 19.1. The van der Waals surface area contributed by atoms with Crippen molar-refractivity contribution in [3.63, 3.8) is 0 Å². The van der Waals surface area contributed by atoms with Gasteiger partial charge in [-0.2, -0.15) is 0 Å². The number of aromatic nitrogens is 4. The van der Waals surface area contributed by atoms with Gasteiger partial charge in [-0.05, 0) is 18.2 Å². The Morgan fingerprint density at radius 2 is 1.71 bits per heavy atom. The lowest BCUT2D eigenvalue weighted by molar-refractivity contribution is 0.122. The van der Waals surface area contributed by atoms with E-state index in [0.29, 0.717) is 55.0 Å². The van der Waals surface area contributed by atoms with Crippen molar-refractivity contribution in [1.82, 2.24) is 19.9 Å². The van der Waals surface area contributed by atoms with Crippen molar-refractivity contribution in [2.24, 2.45) is 0 Å². The number of nitrogen functional groups attached to an aromatic ring is 2. The molecule has 0 bridgehead atoms. The maximum absolute atomic E-state index is 14.7. The SMILES string of the molecule is Nc1cc(F)c(-c2cc(-c3nc4ccccc4cc3N)nc(N3CCOCC3)n2)cn1. The van der Waals surface area contributed by atoms with Crippen molar-refractivity contribution in [3.8, 4) is 22.6 Å². The van der Waals surface area contributed by atoms with E-state index < -0.39 is 5.82 Å². The van der Waals surface area contributed by atoms with E-state index >= 15 is 0 Å². The zero-order valence-electron chi connectivity index (χ0n) is 16.6. The van der Waals surface area contributed by atoms with Crippen LogP contribution < -0.4 is 16.4 Å². The second-order valence-corrected chi connectivity index (χ2v) is 7.25. The Labute approximate surface area is 177 Å². The van der Waals surface area contributed by atoms with Gasteiger partial charge in [-0.1, -0.05) is 18.2 Å². The largest absolute Gasteiger partial charge is 0.397 e. The number of morpholine rings is 1. The predicted molar refractivity (Wildman–Crippen MR) is 118 cm³/mol. The van der Waals surface area contributed by atoms with Crippen LogP contribution in [0.1, 0.15) is 0 Å². The number of fused-ring (bicyclic) bond motifs is 1. The van der Waals surface area contributed by atoms with Crippen LogP contribution in [0.15, 0.2) is 48.7 Å². The van der Waals surface area contributed by atoms with Crippen LogP contribution in [-0.4, -0.2) is 46.2 Å². The normalized spacial score (nSPS) is 14.2. The highest BCUT2D eigenvalue weighted by Gasteiger charge is 2.20. The van der Waals surface area contributed by atoms with Crippen molar-refractivity contribution in [2.45, 2.75) is 0 Å². The Kier molecular flexibility index (Phi) is 4.79. The Hall–Kier alpha value is -3.85. The fourth-order valence-electron chi connectivity index (χ4n) is 3.57. The van der Waals surface area contributed by atoms with Crippen LogP contribution in [0.5, 0.6) is 0 Å². The summed E-state index contributed by atoms with van der Waals surface area (Å²) in [6.07, 6.45) is 1.37. The van der Waals surface area contributed by atoms with Gasteiger partial charge in [0.1, 0.15) is 17.3 Å². The summed E-state index contributed by atoms with van der Waals surface area (Å²) >= 11 is 0. The molecule has 5 rings (SSSR count). The quantitative estimate of drug-likeness (QED) is 0.523. The molecule has 0 amide bonds. The number of hydrogen-bond donors (Lipinski definition) is 2. The van der Waals surface area contributed by atoms with Gasteiger partial charge in [0.05, 0.1) is 41.4 Å². The average molecular weight is 417 g/mol. The first-order chi connectivity index (χ1) is 15.1. The molecule has 8 nitrogen and oxygen atoms in total. The third-order valence-electron chi connectivity index (χ3n) is 5.15. The second kappa shape index (κ2) is 7.77. The zero-order valence-corrected chi connectivity index (χ0v) is 16.6. The zero-order chi connectivity index (χ0) is 21.4. The lowest BCUT2D eigenvalue weighted by Gasteiger charge is -2.27. The number of halogens is 1. The van der Waals surface area contributed by atoms with E-state index in [1.54, 1.807) is 6.07 Å². The molecular weight excluding hydrogens is 397 g/mol. The summed E-state index contributed by atoms with van der Waals surface area (Å²) in [7, 11) is 0. The van der Waals surface area contributed by atoms with Crippen molar-refractivity contribution in [1.29, 1.82) is 0 Å². The van der Waals surface area contributed by atoms with Crippen LogP contribution in [0.25, 0.3) is 33.5 Å². The second-order valence-electron chi connectivity index (χ2n) is 7.25. The molecule has 1 aliphatic rings. The molecule has 4 aromatic rings. The van der Waals surface area contributed by atoms with E-state index in [1.807, 2.05) is 35.2 Å². The van der Waals surface area contributed by atoms with Gasteiger partial charge >= 0.3 is 0 Å². The van der Waals surface area contributed by atoms with Gasteiger partial charge in [0.25, 0.3) is 0 Å². The fraction of sp³-hybridized carbons (Fsp3) is 0.182. The third-order valence-corrected chi connectivity index (χ3v) is 5.15. The molecule has 1 fully saturated rings. The highest BCUT2D eigenvalue weighted by Crippen LogP contribution is 2.31. The van der Waals surface area contributed by atoms with Gasteiger partial charge in [0.2, 0.25) is 5.95 Å². The van der Waals surface area contributed by atoms with E-state index in [1.165, 1.54) is 12.3 Å². The number of hydrogen-bond acceptors (Lipinski definition) is 8. The lowest BCUT2D eigenvalue weighted by atomic mass is 10.1. The molecule has 3 aromatic heterocycles. The molecule has 0 spiro atoms. The van der Waals surface area contributed by atoms with Crippen LogP contribution >= 0.6 is 0 Å². The first kappa shape index (κ1) is 19.1. The minimum absolute atomic E-state index is 0.101. The number of nitrogens with two attached hydrogens (primary N) is 2. The minimum Gasteiger partial charge on any atom is -0.397 e. The van der Waals surface area contributed by atoms with Gasteiger partial charge in [-0.15, -0.1) is 0 Å². The summed E-state index contributed by atoms with van der Waals surface area (Å²) < 4.78 is 20.1. The summed E-state index contributed by atoms with van der Waals surface area (Å²) in [5.41, 5.74) is 14.8. The van der Waals surface area contributed by atoms with E-state index in [0.717, 1.165) is 10.9 Å². The van der Waals surface area contributed by atoms with Crippen LogP contribution in [0.3, 0.4) is 0 Å². The number of anilines is 3. The average Bonchev–Trinajstić information content (AvgIpc) is 2.79. The molecule has 4 N–H and O–H groups in total. The lowest BCUT2D eigenvalue weighted by Crippen LogP contribution is -2.37. The first-order valence-corrected chi connectivity index (χ1v) is 9.87. The van der Waals surface area contributed by atoms with E-state index in [2.05, 4.69) is 9.97 Å². The first-order valence-electron chi connectivity index (χ1n) is 9.87. The summed E-state index contributed by atoms with van der Waals surface area (Å²) in [5.74, 6) is 0.0512. The summed E-state index contributed by atoms with van der Waals surface area (Å²) in [6, 6.07) is 12.4. The topological polar surface area (TPSA) is 116 Å². The molecule has 156 valence electrons. The molecule has 9 heteroatoms. The van der Waals surface area contributed by atoms with Crippen LogP contribution in [-0.2, 0) is 4.74 Å². The van der Waals surface area contributed by atoms with Gasteiger partial charge < -0.3 is 21.1 Å². The van der Waals surface area contributed by atoms with E-state index in [9.17, 15) is 4.39 Å². The molecule has 4 heterocycles. The van der Waals surface area contributed by atoms with Crippen molar-refractivity contribution in [3.05, 3.63) is 54.5 Å². The van der Waals surface area contributed by atoms with E-state index in [4.69, 9.17) is 26.2 Å². The maximum Gasteiger partial charge on any atom is 0.226 e. The minimum atomic E-state index is -0.510. The molecule has 0 atom stereocenters. The molecule has 31 heavy (non-hydrogen) atoms. The monoisotopic (exact) mass is 417 g/mol.